The number of aliphatic hydroxyl groups excluding tert-OH is 1. The van der Waals surface area contributed by atoms with Crippen LogP contribution in [0.15, 0.2) is 0 Å². The summed E-state index contributed by atoms with van der Waals surface area (Å²) in [6.07, 6.45) is -0.413. The predicted molar refractivity (Wildman–Crippen MR) is 53.1 cm³/mol. The molecule has 0 heterocycles. The highest BCUT2D eigenvalue weighted by atomic mass is 16.5. The summed E-state index contributed by atoms with van der Waals surface area (Å²) >= 11 is 0. The summed E-state index contributed by atoms with van der Waals surface area (Å²) in [5.74, 6) is 0. The van der Waals surface area contributed by atoms with Crippen LogP contribution in [0.2, 0.25) is 0 Å². The SMILES string of the molecule is C.CC(C=O)OC=O.CC(CO)OC=O. The maximum absolute atomic E-state index is 9.61. The zero-order chi connectivity index (χ0) is 11.4. The highest BCUT2D eigenvalue weighted by molar-refractivity contribution is 5.58. The summed E-state index contributed by atoms with van der Waals surface area (Å²) in [6.45, 7) is 3.55. The highest BCUT2D eigenvalue weighted by Crippen LogP contribution is 1.81. The summed E-state index contributed by atoms with van der Waals surface area (Å²) in [7, 11) is 0. The van der Waals surface area contributed by atoms with E-state index in [2.05, 4.69) is 9.47 Å². The molecule has 0 saturated carbocycles. The van der Waals surface area contributed by atoms with E-state index in [0.29, 0.717) is 12.8 Å². The molecule has 0 aromatic rings. The third-order valence-corrected chi connectivity index (χ3v) is 1.01. The first kappa shape index (κ1) is 19.2. The van der Waals surface area contributed by atoms with E-state index in [4.69, 9.17) is 5.11 Å². The van der Waals surface area contributed by atoms with E-state index in [9.17, 15) is 14.4 Å². The molecule has 0 aliphatic carbocycles. The molecule has 15 heavy (non-hydrogen) atoms. The largest absolute Gasteiger partial charge is 0.462 e. The fraction of sp³-hybridized carbons (Fsp3) is 0.667. The molecule has 0 radical (unpaired) electrons. The normalized spacial score (nSPS) is 11.7. The van der Waals surface area contributed by atoms with Crippen LogP contribution in [0.3, 0.4) is 0 Å². The molecule has 0 rings (SSSR count). The Morgan fingerprint density at radius 1 is 1.13 bits per heavy atom. The molecule has 1 N–H and O–H groups in total. The van der Waals surface area contributed by atoms with Crippen LogP contribution in [0.25, 0.3) is 0 Å². The minimum Gasteiger partial charge on any atom is -0.462 e. The van der Waals surface area contributed by atoms with Gasteiger partial charge in [-0.2, -0.15) is 0 Å². The van der Waals surface area contributed by atoms with E-state index < -0.39 is 6.10 Å². The molecular weight excluding hydrogens is 204 g/mol. The Kier molecular flexibility index (Phi) is 19.3. The standard InChI is InChI=1S/C4H8O3.C4H6O3.CH4/c2*1-4(2-5)7-3-6;/h3-5H,2H2,1H3;2-4H,1H3;1H4. The Labute approximate surface area is 89.2 Å². The lowest BCUT2D eigenvalue weighted by Crippen LogP contribution is -2.10. The monoisotopic (exact) mass is 222 g/mol. The van der Waals surface area contributed by atoms with Crippen molar-refractivity contribution in [1.82, 2.24) is 0 Å². The fourth-order valence-electron chi connectivity index (χ4n) is 0.258. The second-order valence-electron chi connectivity index (χ2n) is 2.30. The van der Waals surface area contributed by atoms with Gasteiger partial charge in [-0.1, -0.05) is 7.43 Å². The Morgan fingerprint density at radius 2 is 1.60 bits per heavy atom. The van der Waals surface area contributed by atoms with Crippen LogP contribution in [-0.4, -0.2) is 43.2 Å². The highest BCUT2D eigenvalue weighted by Gasteiger charge is 1.94. The first-order valence-corrected chi connectivity index (χ1v) is 3.86. The Bertz CT molecular complexity index is 159. The van der Waals surface area contributed by atoms with Gasteiger partial charge in [0.25, 0.3) is 12.9 Å². The van der Waals surface area contributed by atoms with Gasteiger partial charge in [0.15, 0.2) is 12.4 Å². The van der Waals surface area contributed by atoms with Gasteiger partial charge in [0.05, 0.1) is 6.61 Å². The van der Waals surface area contributed by atoms with Crippen LogP contribution in [0.4, 0.5) is 0 Å². The van der Waals surface area contributed by atoms with E-state index in [-0.39, 0.29) is 26.6 Å². The van der Waals surface area contributed by atoms with Crippen molar-refractivity contribution in [2.45, 2.75) is 33.5 Å². The van der Waals surface area contributed by atoms with Crippen LogP contribution >= 0.6 is 0 Å². The number of hydrogen-bond donors (Lipinski definition) is 1. The molecule has 0 aliphatic rings. The van der Waals surface area contributed by atoms with E-state index in [1.54, 1.807) is 6.92 Å². The minimum atomic E-state index is -0.600. The lowest BCUT2D eigenvalue weighted by Gasteiger charge is -2.01. The van der Waals surface area contributed by atoms with Crippen molar-refractivity contribution in [2.75, 3.05) is 6.61 Å². The number of ether oxygens (including phenoxy) is 2. The Balaban J connectivity index is -0.000000180. The second-order valence-corrected chi connectivity index (χ2v) is 2.30. The summed E-state index contributed by atoms with van der Waals surface area (Å²) in [6, 6.07) is 0. The van der Waals surface area contributed by atoms with Crippen LogP contribution in [0.1, 0.15) is 21.3 Å². The van der Waals surface area contributed by atoms with Crippen LogP contribution in [0.5, 0.6) is 0 Å². The second kappa shape index (κ2) is 15.1. The van der Waals surface area contributed by atoms with E-state index in [1.165, 1.54) is 6.92 Å². The molecule has 0 amide bonds. The van der Waals surface area contributed by atoms with E-state index in [0.717, 1.165) is 0 Å². The Hall–Kier alpha value is -1.43. The number of carbonyl (C=O) groups excluding carboxylic acids is 3. The molecule has 0 bridgehead atoms. The maximum atomic E-state index is 9.61. The van der Waals surface area contributed by atoms with Gasteiger partial charge in [-0.3, -0.25) is 14.4 Å². The average molecular weight is 222 g/mol. The molecule has 0 saturated heterocycles. The van der Waals surface area contributed by atoms with Gasteiger partial charge in [0.1, 0.15) is 6.10 Å². The maximum Gasteiger partial charge on any atom is 0.293 e. The third-order valence-electron chi connectivity index (χ3n) is 1.01. The van der Waals surface area contributed by atoms with Crippen molar-refractivity contribution in [3.05, 3.63) is 0 Å². The van der Waals surface area contributed by atoms with Crippen molar-refractivity contribution in [2.24, 2.45) is 0 Å². The molecule has 0 spiro atoms. The summed E-state index contributed by atoms with van der Waals surface area (Å²) in [5.41, 5.74) is 0. The molecule has 2 atom stereocenters. The molecule has 90 valence electrons. The van der Waals surface area contributed by atoms with Crippen molar-refractivity contribution >= 4 is 19.2 Å². The number of aldehydes is 1. The zero-order valence-electron chi connectivity index (χ0n) is 8.08. The Morgan fingerprint density at radius 3 is 1.73 bits per heavy atom. The van der Waals surface area contributed by atoms with Gasteiger partial charge in [-0.25, -0.2) is 0 Å². The zero-order valence-corrected chi connectivity index (χ0v) is 8.08. The molecule has 0 aromatic heterocycles. The number of aliphatic hydroxyl groups is 1. The molecule has 6 heteroatoms. The molecular formula is C9H18O6. The fourth-order valence-corrected chi connectivity index (χ4v) is 0.258. The van der Waals surface area contributed by atoms with Crippen LogP contribution < -0.4 is 0 Å². The summed E-state index contributed by atoms with van der Waals surface area (Å²) < 4.78 is 8.40. The van der Waals surface area contributed by atoms with E-state index in [1.807, 2.05) is 0 Å². The predicted octanol–water partition coefficient (Wildman–Crippen LogP) is -0.0769. The number of hydrogen-bond acceptors (Lipinski definition) is 6. The van der Waals surface area contributed by atoms with Crippen molar-refractivity contribution in [1.29, 1.82) is 0 Å². The van der Waals surface area contributed by atoms with Crippen molar-refractivity contribution in [3.63, 3.8) is 0 Å². The summed E-state index contributed by atoms with van der Waals surface area (Å²) in [4.78, 5) is 28.4. The first-order valence-electron chi connectivity index (χ1n) is 3.86. The van der Waals surface area contributed by atoms with Gasteiger partial charge < -0.3 is 14.6 Å². The lowest BCUT2D eigenvalue weighted by atomic mass is 10.4. The van der Waals surface area contributed by atoms with Crippen molar-refractivity contribution < 1.29 is 29.0 Å². The van der Waals surface area contributed by atoms with Crippen LogP contribution in [0, 0.1) is 0 Å². The van der Waals surface area contributed by atoms with Gasteiger partial charge >= 0.3 is 0 Å². The molecule has 6 nitrogen and oxygen atoms in total. The smallest absolute Gasteiger partial charge is 0.293 e. The molecule has 2 unspecified atom stereocenters. The van der Waals surface area contributed by atoms with Crippen molar-refractivity contribution in [3.8, 4) is 0 Å². The van der Waals surface area contributed by atoms with Gasteiger partial charge in [-0.15, -0.1) is 0 Å². The number of rotatable bonds is 6. The first-order chi connectivity index (χ1) is 6.62. The summed E-state index contributed by atoms with van der Waals surface area (Å²) in [5, 5.41) is 8.18. The average Bonchev–Trinajstić information content (AvgIpc) is 2.19. The molecule has 0 aromatic carbocycles. The van der Waals surface area contributed by atoms with Crippen LogP contribution in [-0.2, 0) is 23.9 Å². The quantitative estimate of drug-likeness (QED) is 0.632. The van der Waals surface area contributed by atoms with Gasteiger partial charge in [-0.05, 0) is 13.8 Å². The third kappa shape index (κ3) is 19.1. The minimum absolute atomic E-state index is 0. The van der Waals surface area contributed by atoms with E-state index >= 15 is 0 Å². The molecule has 0 aliphatic heterocycles. The lowest BCUT2D eigenvalue weighted by molar-refractivity contribution is -0.137. The number of carbonyl (C=O) groups is 3. The van der Waals surface area contributed by atoms with Gasteiger partial charge in [0, 0.05) is 0 Å². The topological polar surface area (TPSA) is 89.9 Å². The van der Waals surface area contributed by atoms with Gasteiger partial charge in [0.2, 0.25) is 0 Å². The molecule has 0 fully saturated rings.